The lowest BCUT2D eigenvalue weighted by Crippen LogP contribution is -2.37. The van der Waals surface area contributed by atoms with Crippen LogP contribution in [0.3, 0.4) is 0 Å². The van der Waals surface area contributed by atoms with Crippen LogP contribution in [0.15, 0.2) is 35.5 Å². The van der Waals surface area contributed by atoms with Crippen molar-refractivity contribution in [3.63, 3.8) is 0 Å². The highest BCUT2D eigenvalue weighted by Gasteiger charge is 2.50. The van der Waals surface area contributed by atoms with E-state index >= 15 is 0 Å². The normalized spacial score (nSPS) is 36.7. The van der Waals surface area contributed by atoms with Crippen molar-refractivity contribution in [1.29, 1.82) is 0 Å². The summed E-state index contributed by atoms with van der Waals surface area (Å²) >= 11 is 0. The summed E-state index contributed by atoms with van der Waals surface area (Å²) < 4.78 is 5.85. The molecule has 0 spiro atoms. The molecule has 0 aromatic carbocycles. The quantitative estimate of drug-likeness (QED) is 0.431. The maximum atomic E-state index is 10.1. The summed E-state index contributed by atoms with van der Waals surface area (Å²) in [5.74, 6) is 7.40. The van der Waals surface area contributed by atoms with E-state index in [9.17, 15) is 15.3 Å². The Morgan fingerprint density at radius 3 is 2.75 bits per heavy atom. The third-order valence-electron chi connectivity index (χ3n) is 7.94. The van der Waals surface area contributed by atoms with E-state index in [1.165, 1.54) is 31.3 Å². The molecule has 0 aliphatic heterocycles. The molecule has 3 fully saturated rings. The number of allylic oxidation sites excluding steroid dienone is 3. The lowest BCUT2D eigenvalue weighted by Gasteiger charge is -2.44. The van der Waals surface area contributed by atoms with Gasteiger partial charge in [0.2, 0.25) is 0 Å². The van der Waals surface area contributed by atoms with E-state index in [0.29, 0.717) is 43.8 Å². The zero-order chi connectivity index (χ0) is 23.5. The van der Waals surface area contributed by atoms with Gasteiger partial charge in [0, 0.05) is 6.42 Å². The monoisotopic (exact) mass is 442 g/mol. The Kier molecular flexibility index (Phi) is 8.10. The summed E-state index contributed by atoms with van der Waals surface area (Å²) in [6, 6.07) is 0. The van der Waals surface area contributed by atoms with Gasteiger partial charge in [-0.1, -0.05) is 50.0 Å². The molecular weight excluding hydrogens is 400 g/mol. The van der Waals surface area contributed by atoms with Crippen LogP contribution in [-0.4, -0.2) is 46.3 Å². The van der Waals surface area contributed by atoms with Gasteiger partial charge in [-0.25, -0.2) is 0 Å². The molecular formula is C28H42O4. The Bertz CT molecular complexity index is 806. The van der Waals surface area contributed by atoms with Gasteiger partial charge in [0.25, 0.3) is 0 Å². The minimum Gasteiger partial charge on any atom is -0.393 e. The minimum absolute atomic E-state index is 0.284. The van der Waals surface area contributed by atoms with Gasteiger partial charge in [-0.05, 0) is 86.7 Å². The number of rotatable bonds is 5. The predicted octanol–water partition coefficient (Wildman–Crippen LogP) is 4.55. The first-order valence-electron chi connectivity index (χ1n) is 12.3. The van der Waals surface area contributed by atoms with Gasteiger partial charge in [-0.2, -0.15) is 0 Å². The smallest absolute Gasteiger partial charge is 0.120 e. The van der Waals surface area contributed by atoms with Crippen molar-refractivity contribution in [2.45, 2.75) is 90.4 Å². The summed E-state index contributed by atoms with van der Waals surface area (Å²) in [5.41, 5.74) is 2.57. The molecule has 0 saturated heterocycles. The molecule has 0 aromatic heterocycles. The zero-order valence-corrected chi connectivity index (χ0v) is 20.4. The molecule has 0 bridgehead atoms. The molecule has 3 aliphatic carbocycles. The number of hydrogen-bond acceptors (Lipinski definition) is 4. The maximum Gasteiger partial charge on any atom is 0.120 e. The Balaban J connectivity index is 1.65. The fourth-order valence-corrected chi connectivity index (χ4v) is 6.34. The average Bonchev–Trinajstić information content (AvgIpc) is 3.06. The SMILES string of the molecule is C=C1/C(=C\C=C2/CCC[C@@]3(C)C2CCC3[C@@H](C)COCC#CC(C)(C)O)C[C@@H](O)C[C@@H]1O. The van der Waals surface area contributed by atoms with Gasteiger partial charge in [0.15, 0.2) is 0 Å². The van der Waals surface area contributed by atoms with Crippen molar-refractivity contribution in [3.05, 3.63) is 35.5 Å². The van der Waals surface area contributed by atoms with Crippen LogP contribution in [0.4, 0.5) is 0 Å². The third-order valence-corrected chi connectivity index (χ3v) is 7.94. The van der Waals surface area contributed by atoms with Gasteiger partial charge >= 0.3 is 0 Å². The van der Waals surface area contributed by atoms with E-state index in [-0.39, 0.29) is 5.41 Å². The molecule has 32 heavy (non-hydrogen) atoms. The first kappa shape index (κ1) is 25.2. The molecule has 3 aliphatic rings. The van der Waals surface area contributed by atoms with Crippen LogP contribution in [0.5, 0.6) is 0 Å². The lowest BCUT2D eigenvalue weighted by molar-refractivity contribution is 0.0442. The van der Waals surface area contributed by atoms with Crippen LogP contribution in [0.1, 0.15) is 72.6 Å². The van der Waals surface area contributed by atoms with E-state index in [2.05, 4.69) is 44.4 Å². The zero-order valence-electron chi connectivity index (χ0n) is 20.4. The highest BCUT2D eigenvalue weighted by molar-refractivity contribution is 5.38. The van der Waals surface area contributed by atoms with Crippen molar-refractivity contribution in [1.82, 2.24) is 0 Å². The Hall–Kier alpha value is -1.38. The van der Waals surface area contributed by atoms with Crippen LogP contribution in [0, 0.1) is 35.0 Å². The van der Waals surface area contributed by atoms with Gasteiger partial charge in [-0.3, -0.25) is 0 Å². The molecule has 178 valence electrons. The fourth-order valence-electron chi connectivity index (χ4n) is 6.34. The second-order valence-electron chi connectivity index (χ2n) is 11.0. The van der Waals surface area contributed by atoms with Crippen molar-refractivity contribution < 1.29 is 20.1 Å². The van der Waals surface area contributed by atoms with Gasteiger partial charge < -0.3 is 20.1 Å². The standard InChI is InChI=1S/C28H42O4/c1-19(18-32-15-7-13-27(3,4)31)24-11-12-25-21(8-6-14-28(24,25)5)9-10-22-16-23(29)17-26(30)20(22)2/h9-10,19,23-26,29-31H,2,6,8,11-12,14-18H2,1,3-5H3/b21-9+,22-10-/t19-,23+,24?,25?,26-,28+/m0/s1. The second-order valence-corrected chi connectivity index (χ2v) is 11.0. The van der Waals surface area contributed by atoms with E-state index in [0.717, 1.165) is 17.6 Å². The van der Waals surface area contributed by atoms with E-state index in [1.807, 2.05) is 0 Å². The Labute approximate surface area is 194 Å². The molecule has 0 radical (unpaired) electrons. The first-order chi connectivity index (χ1) is 15.0. The maximum absolute atomic E-state index is 10.1. The summed E-state index contributed by atoms with van der Waals surface area (Å²) in [7, 11) is 0. The Morgan fingerprint density at radius 2 is 2.03 bits per heavy atom. The number of ether oxygens (including phenoxy) is 1. The molecule has 4 heteroatoms. The van der Waals surface area contributed by atoms with E-state index in [4.69, 9.17) is 4.74 Å². The largest absolute Gasteiger partial charge is 0.393 e. The molecule has 3 rings (SSSR count). The van der Waals surface area contributed by atoms with Crippen molar-refractivity contribution in [2.75, 3.05) is 13.2 Å². The second kappa shape index (κ2) is 10.3. The number of aliphatic hydroxyl groups excluding tert-OH is 2. The van der Waals surface area contributed by atoms with E-state index in [1.54, 1.807) is 13.8 Å². The molecule has 3 N–H and O–H groups in total. The molecule has 6 atom stereocenters. The molecule has 0 amide bonds. The fraction of sp³-hybridized carbons (Fsp3) is 0.714. The van der Waals surface area contributed by atoms with Crippen molar-refractivity contribution >= 4 is 0 Å². The summed E-state index contributed by atoms with van der Waals surface area (Å²) in [4.78, 5) is 0. The van der Waals surface area contributed by atoms with Crippen LogP contribution in [-0.2, 0) is 4.74 Å². The molecule has 3 saturated carbocycles. The summed E-state index contributed by atoms with van der Waals surface area (Å²) in [6.45, 7) is 13.2. The van der Waals surface area contributed by atoms with Crippen LogP contribution in [0.25, 0.3) is 0 Å². The predicted molar refractivity (Wildman–Crippen MR) is 129 cm³/mol. The van der Waals surface area contributed by atoms with Crippen LogP contribution in [0.2, 0.25) is 0 Å². The highest BCUT2D eigenvalue weighted by atomic mass is 16.5. The number of aliphatic hydroxyl groups is 3. The first-order valence-corrected chi connectivity index (χ1v) is 12.3. The highest BCUT2D eigenvalue weighted by Crippen LogP contribution is 2.59. The molecule has 0 aromatic rings. The van der Waals surface area contributed by atoms with Crippen molar-refractivity contribution in [2.24, 2.45) is 23.2 Å². The van der Waals surface area contributed by atoms with Crippen molar-refractivity contribution in [3.8, 4) is 11.8 Å². The summed E-state index contributed by atoms with van der Waals surface area (Å²) in [5, 5.41) is 29.9. The van der Waals surface area contributed by atoms with Crippen LogP contribution >= 0.6 is 0 Å². The lowest BCUT2D eigenvalue weighted by atomic mass is 9.61. The number of hydrogen-bond donors (Lipinski definition) is 3. The van der Waals surface area contributed by atoms with Gasteiger partial charge in [0.05, 0.1) is 18.8 Å². The van der Waals surface area contributed by atoms with Crippen LogP contribution < -0.4 is 0 Å². The number of fused-ring (bicyclic) bond motifs is 1. The Morgan fingerprint density at radius 1 is 1.28 bits per heavy atom. The van der Waals surface area contributed by atoms with E-state index < -0.39 is 17.8 Å². The molecule has 0 heterocycles. The van der Waals surface area contributed by atoms with Gasteiger partial charge in [-0.15, -0.1) is 0 Å². The minimum atomic E-state index is -0.971. The molecule has 4 nitrogen and oxygen atoms in total. The third kappa shape index (κ3) is 5.94. The molecule has 2 unspecified atom stereocenters. The van der Waals surface area contributed by atoms with Gasteiger partial charge in [0.1, 0.15) is 12.2 Å². The summed E-state index contributed by atoms with van der Waals surface area (Å²) in [6.07, 6.45) is 10.2. The average molecular weight is 443 g/mol. The topological polar surface area (TPSA) is 69.9 Å².